The zero-order valence-electron chi connectivity index (χ0n) is 12.5. The van der Waals surface area contributed by atoms with Gasteiger partial charge in [0.15, 0.2) is 0 Å². The molecule has 116 valence electrons. The van der Waals surface area contributed by atoms with Crippen LogP contribution in [0.15, 0.2) is 12.2 Å². The fourth-order valence-electron chi connectivity index (χ4n) is 2.91. The highest BCUT2D eigenvalue weighted by Crippen LogP contribution is 2.42. The van der Waals surface area contributed by atoms with Gasteiger partial charge < -0.3 is 4.74 Å². The Morgan fingerprint density at radius 1 is 1.36 bits per heavy atom. The lowest BCUT2D eigenvalue weighted by Gasteiger charge is -2.18. The highest BCUT2D eigenvalue weighted by molar-refractivity contribution is 7.17. The van der Waals surface area contributed by atoms with Crippen LogP contribution in [0.3, 0.4) is 0 Å². The standard InChI is InChI=1S/C16H17NO4S/c1-3-21-16(20)14-10-5-4-9(2)8-11(10)22-15(14)17-12(18)6-7-13(17)19/h6-7,9H,3-5,8H2,1-2H3. The van der Waals surface area contributed by atoms with E-state index in [1.54, 1.807) is 6.92 Å². The van der Waals surface area contributed by atoms with E-state index < -0.39 is 17.8 Å². The van der Waals surface area contributed by atoms with Gasteiger partial charge >= 0.3 is 5.97 Å². The Labute approximate surface area is 132 Å². The van der Waals surface area contributed by atoms with Crippen LogP contribution in [0.1, 0.15) is 41.1 Å². The fraction of sp³-hybridized carbons (Fsp3) is 0.438. The van der Waals surface area contributed by atoms with E-state index in [1.807, 2.05) is 0 Å². The number of anilines is 1. The summed E-state index contributed by atoms with van der Waals surface area (Å²) in [5.41, 5.74) is 1.35. The third-order valence-electron chi connectivity index (χ3n) is 3.99. The van der Waals surface area contributed by atoms with Gasteiger partial charge in [0.25, 0.3) is 11.8 Å². The second-order valence-electron chi connectivity index (χ2n) is 5.60. The molecule has 0 aromatic carbocycles. The van der Waals surface area contributed by atoms with Crippen molar-refractivity contribution < 1.29 is 19.1 Å². The summed E-state index contributed by atoms with van der Waals surface area (Å²) >= 11 is 1.37. The van der Waals surface area contributed by atoms with Crippen LogP contribution >= 0.6 is 11.3 Å². The largest absolute Gasteiger partial charge is 0.462 e. The summed E-state index contributed by atoms with van der Waals surface area (Å²) < 4.78 is 5.15. The van der Waals surface area contributed by atoms with E-state index in [9.17, 15) is 14.4 Å². The number of carbonyl (C=O) groups is 3. The quantitative estimate of drug-likeness (QED) is 0.634. The van der Waals surface area contributed by atoms with Crippen molar-refractivity contribution in [3.8, 4) is 0 Å². The van der Waals surface area contributed by atoms with E-state index in [-0.39, 0.29) is 6.61 Å². The highest BCUT2D eigenvalue weighted by Gasteiger charge is 2.35. The molecule has 1 aromatic heterocycles. The first-order valence-corrected chi connectivity index (χ1v) is 8.22. The summed E-state index contributed by atoms with van der Waals surface area (Å²) in [4.78, 5) is 38.5. The Morgan fingerprint density at radius 2 is 2.05 bits per heavy atom. The van der Waals surface area contributed by atoms with Crippen LogP contribution in [0.4, 0.5) is 5.00 Å². The number of ether oxygens (including phenoxy) is 1. The Balaban J connectivity index is 2.11. The van der Waals surface area contributed by atoms with E-state index in [1.165, 1.54) is 23.5 Å². The molecule has 0 saturated heterocycles. The monoisotopic (exact) mass is 319 g/mol. The first kappa shape index (κ1) is 15.0. The second kappa shape index (κ2) is 5.68. The Hall–Kier alpha value is -1.95. The number of fused-ring (bicyclic) bond motifs is 1. The molecule has 22 heavy (non-hydrogen) atoms. The molecular formula is C16H17NO4S. The van der Waals surface area contributed by atoms with Crippen LogP contribution < -0.4 is 4.90 Å². The van der Waals surface area contributed by atoms with Crippen LogP contribution in [-0.2, 0) is 27.2 Å². The van der Waals surface area contributed by atoms with Crippen molar-refractivity contribution in [2.24, 2.45) is 5.92 Å². The minimum Gasteiger partial charge on any atom is -0.462 e. The van der Waals surface area contributed by atoms with Gasteiger partial charge in [0.1, 0.15) is 5.00 Å². The smallest absolute Gasteiger partial charge is 0.341 e. The van der Waals surface area contributed by atoms with E-state index >= 15 is 0 Å². The van der Waals surface area contributed by atoms with Gasteiger partial charge in [-0.3, -0.25) is 9.59 Å². The van der Waals surface area contributed by atoms with Crippen molar-refractivity contribution in [3.05, 3.63) is 28.2 Å². The zero-order valence-corrected chi connectivity index (χ0v) is 13.4. The van der Waals surface area contributed by atoms with Gasteiger partial charge in [-0.25, -0.2) is 9.69 Å². The molecule has 0 radical (unpaired) electrons. The third-order valence-corrected chi connectivity index (χ3v) is 5.22. The molecule has 1 unspecified atom stereocenters. The van der Waals surface area contributed by atoms with E-state index in [0.29, 0.717) is 16.5 Å². The summed E-state index contributed by atoms with van der Waals surface area (Å²) in [6, 6.07) is 0. The summed E-state index contributed by atoms with van der Waals surface area (Å²) in [6.45, 7) is 4.17. The predicted molar refractivity (Wildman–Crippen MR) is 83.1 cm³/mol. The number of thiophene rings is 1. The minimum absolute atomic E-state index is 0.263. The molecule has 2 amide bonds. The molecule has 2 aliphatic rings. The number of hydrogen-bond donors (Lipinski definition) is 0. The minimum atomic E-state index is -0.447. The molecular weight excluding hydrogens is 302 g/mol. The Bertz CT molecular complexity index is 671. The number of rotatable bonds is 3. The molecule has 0 bridgehead atoms. The molecule has 1 aromatic rings. The zero-order chi connectivity index (χ0) is 15.9. The first-order valence-electron chi connectivity index (χ1n) is 7.40. The maximum atomic E-state index is 12.4. The summed E-state index contributed by atoms with van der Waals surface area (Å²) in [5.74, 6) is -0.710. The molecule has 6 heteroatoms. The van der Waals surface area contributed by atoms with Gasteiger partial charge in [-0.1, -0.05) is 6.92 Å². The molecule has 1 aliphatic carbocycles. The lowest BCUT2D eigenvalue weighted by Crippen LogP contribution is -2.30. The summed E-state index contributed by atoms with van der Waals surface area (Å²) in [7, 11) is 0. The predicted octanol–water partition coefficient (Wildman–Crippen LogP) is 2.48. The van der Waals surface area contributed by atoms with E-state index in [4.69, 9.17) is 4.74 Å². The van der Waals surface area contributed by atoms with Crippen LogP contribution in [0.25, 0.3) is 0 Å². The number of carbonyl (C=O) groups excluding carboxylic acids is 3. The summed E-state index contributed by atoms with van der Waals surface area (Å²) in [5, 5.41) is 0.414. The van der Waals surface area contributed by atoms with Crippen molar-refractivity contribution in [2.75, 3.05) is 11.5 Å². The molecule has 0 fully saturated rings. The number of imide groups is 1. The Kier molecular flexibility index (Phi) is 3.87. The van der Waals surface area contributed by atoms with E-state index in [2.05, 4.69) is 6.92 Å². The SMILES string of the molecule is CCOC(=O)c1c(N2C(=O)C=CC2=O)sc2c1CCC(C)C2. The average Bonchev–Trinajstić information content (AvgIpc) is 2.98. The second-order valence-corrected chi connectivity index (χ2v) is 6.68. The molecule has 0 spiro atoms. The van der Waals surface area contributed by atoms with E-state index in [0.717, 1.165) is 34.6 Å². The van der Waals surface area contributed by atoms with Crippen LogP contribution in [0.5, 0.6) is 0 Å². The molecule has 5 nitrogen and oxygen atoms in total. The van der Waals surface area contributed by atoms with Crippen molar-refractivity contribution >= 4 is 34.1 Å². The molecule has 0 N–H and O–H groups in total. The third kappa shape index (κ3) is 2.37. The molecule has 1 atom stereocenters. The van der Waals surface area contributed by atoms with Gasteiger partial charge in [-0.2, -0.15) is 0 Å². The van der Waals surface area contributed by atoms with Gasteiger partial charge in [-0.15, -0.1) is 11.3 Å². The fourth-order valence-corrected chi connectivity index (χ4v) is 4.42. The number of amides is 2. The highest BCUT2D eigenvalue weighted by atomic mass is 32.1. The van der Waals surface area contributed by atoms with Crippen LogP contribution in [0.2, 0.25) is 0 Å². The maximum absolute atomic E-state index is 12.4. The first-order chi connectivity index (χ1) is 10.5. The van der Waals surface area contributed by atoms with Crippen molar-refractivity contribution in [3.63, 3.8) is 0 Å². The lowest BCUT2D eigenvalue weighted by molar-refractivity contribution is -0.119. The number of esters is 1. The molecule has 1 aliphatic heterocycles. The molecule has 0 saturated carbocycles. The maximum Gasteiger partial charge on any atom is 0.341 e. The van der Waals surface area contributed by atoms with Gasteiger partial charge in [0.2, 0.25) is 0 Å². The normalized spacial score (nSPS) is 20.5. The van der Waals surface area contributed by atoms with Gasteiger partial charge in [0, 0.05) is 17.0 Å². The molecule has 3 rings (SSSR count). The molecule has 2 heterocycles. The Morgan fingerprint density at radius 3 is 2.68 bits per heavy atom. The van der Waals surface area contributed by atoms with Crippen LogP contribution in [0, 0.1) is 5.92 Å². The lowest BCUT2D eigenvalue weighted by atomic mass is 9.88. The topological polar surface area (TPSA) is 63.7 Å². The van der Waals surface area contributed by atoms with Crippen molar-refractivity contribution in [2.45, 2.75) is 33.1 Å². The number of hydrogen-bond acceptors (Lipinski definition) is 5. The van der Waals surface area contributed by atoms with Gasteiger partial charge in [-0.05, 0) is 37.7 Å². The number of nitrogens with zero attached hydrogens (tertiary/aromatic N) is 1. The summed E-state index contributed by atoms with van der Waals surface area (Å²) in [6.07, 6.45) is 5.12. The van der Waals surface area contributed by atoms with Gasteiger partial charge in [0.05, 0.1) is 12.2 Å². The van der Waals surface area contributed by atoms with Crippen molar-refractivity contribution in [1.82, 2.24) is 0 Å². The van der Waals surface area contributed by atoms with Crippen LogP contribution in [-0.4, -0.2) is 24.4 Å². The van der Waals surface area contributed by atoms with Crippen molar-refractivity contribution in [1.29, 1.82) is 0 Å². The average molecular weight is 319 g/mol.